The first-order chi connectivity index (χ1) is 6.60. The van der Waals surface area contributed by atoms with Crippen LogP contribution in [0.15, 0.2) is 12.1 Å². The van der Waals surface area contributed by atoms with Gasteiger partial charge in [0.25, 0.3) is 0 Å². The number of hydrogen-bond acceptors (Lipinski definition) is 2. The van der Waals surface area contributed by atoms with Crippen LogP contribution < -0.4 is 10.1 Å². The molecular formula is C12H19NO. The first-order valence-corrected chi connectivity index (χ1v) is 4.92. The van der Waals surface area contributed by atoms with Crippen LogP contribution in [0.1, 0.15) is 29.7 Å². The zero-order valence-electron chi connectivity index (χ0n) is 9.64. The summed E-state index contributed by atoms with van der Waals surface area (Å²) in [5.41, 5.74) is 3.80. The summed E-state index contributed by atoms with van der Waals surface area (Å²) in [4.78, 5) is 0. The molecule has 1 unspecified atom stereocenters. The summed E-state index contributed by atoms with van der Waals surface area (Å²) in [6.45, 7) is 6.35. The molecule has 0 bridgehead atoms. The van der Waals surface area contributed by atoms with E-state index in [0.717, 1.165) is 5.75 Å². The summed E-state index contributed by atoms with van der Waals surface area (Å²) in [5.74, 6) is 0.967. The Labute approximate surface area is 86.3 Å². The molecule has 0 aliphatic heterocycles. The van der Waals surface area contributed by atoms with Crippen LogP contribution in [-0.4, -0.2) is 14.2 Å². The predicted molar refractivity (Wildman–Crippen MR) is 59.9 cm³/mol. The molecule has 1 aromatic carbocycles. The van der Waals surface area contributed by atoms with Gasteiger partial charge in [-0.05, 0) is 50.6 Å². The van der Waals surface area contributed by atoms with Crippen molar-refractivity contribution in [3.8, 4) is 5.75 Å². The summed E-state index contributed by atoms with van der Waals surface area (Å²) >= 11 is 0. The minimum atomic E-state index is 0.389. The van der Waals surface area contributed by atoms with E-state index in [2.05, 4.69) is 38.2 Å². The average molecular weight is 193 g/mol. The standard InChI is InChI=1S/C12H19NO/c1-8-7-12(14-5)9(2)6-11(8)10(3)13-4/h6-7,10,13H,1-5H3. The number of aryl methyl sites for hydroxylation is 2. The predicted octanol–water partition coefficient (Wildman–Crippen LogP) is 2.59. The van der Waals surface area contributed by atoms with Crippen LogP contribution >= 0.6 is 0 Å². The number of nitrogens with one attached hydrogen (secondary N) is 1. The van der Waals surface area contributed by atoms with Crippen LogP contribution in [0, 0.1) is 13.8 Å². The lowest BCUT2D eigenvalue weighted by molar-refractivity contribution is 0.411. The molecule has 0 fully saturated rings. The van der Waals surface area contributed by atoms with E-state index < -0.39 is 0 Å². The zero-order chi connectivity index (χ0) is 10.7. The molecular weight excluding hydrogens is 174 g/mol. The number of hydrogen-bond donors (Lipinski definition) is 1. The van der Waals surface area contributed by atoms with Crippen LogP contribution in [0.3, 0.4) is 0 Å². The Bertz CT molecular complexity index is 320. The topological polar surface area (TPSA) is 21.3 Å². The van der Waals surface area contributed by atoms with E-state index in [-0.39, 0.29) is 0 Å². The quantitative estimate of drug-likeness (QED) is 0.796. The Hall–Kier alpha value is -1.02. The highest BCUT2D eigenvalue weighted by molar-refractivity contribution is 5.42. The first-order valence-electron chi connectivity index (χ1n) is 4.92. The van der Waals surface area contributed by atoms with Crippen molar-refractivity contribution in [2.24, 2.45) is 0 Å². The second kappa shape index (κ2) is 4.47. The fourth-order valence-corrected chi connectivity index (χ4v) is 1.65. The lowest BCUT2D eigenvalue weighted by Gasteiger charge is -2.16. The summed E-state index contributed by atoms with van der Waals surface area (Å²) in [6, 6.07) is 4.67. The minimum Gasteiger partial charge on any atom is -0.496 e. The van der Waals surface area contributed by atoms with Gasteiger partial charge in [0.2, 0.25) is 0 Å². The average Bonchev–Trinajstić information content (AvgIpc) is 2.19. The summed E-state index contributed by atoms with van der Waals surface area (Å²) in [6.07, 6.45) is 0. The third kappa shape index (κ3) is 2.07. The molecule has 14 heavy (non-hydrogen) atoms. The van der Waals surface area contributed by atoms with Gasteiger partial charge in [-0.3, -0.25) is 0 Å². The van der Waals surface area contributed by atoms with Gasteiger partial charge in [-0.1, -0.05) is 6.07 Å². The Morgan fingerprint density at radius 2 is 1.86 bits per heavy atom. The van der Waals surface area contributed by atoms with Crippen molar-refractivity contribution >= 4 is 0 Å². The Balaban J connectivity index is 3.14. The highest BCUT2D eigenvalue weighted by Gasteiger charge is 2.09. The van der Waals surface area contributed by atoms with Gasteiger partial charge in [-0.25, -0.2) is 0 Å². The molecule has 2 nitrogen and oxygen atoms in total. The largest absolute Gasteiger partial charge is 0.496 e. The van der Waals surface area contributed by atoms with Gasteiger partial charge in [0.05, 0.1) is 7.11 Å². The highest BCUT2D eigenvalue weighted by atomic mass is 16.5. The lowest BCUT2D eigenvalue weighted by atomic mass is 9.99. The molecule has 0 aliphatic rings. The number of ether oxygens (including phenoxy) is 1. The number of methoxy groups -OCH3 is 1. The second-order valence-corrected chi connectivity index (χ2v) is 3.69. The number of rotatable bonds is 3. The van der Waals surface area contributed by atoms with Crippen LogP contribution in [0.25, 0.3) is 0 Å². The van der Waals surface area contributed by atoms with E-state index in [0.29, 0.717) is 6.04 Å². The van der Waals surface area contributed by atoms with Crippen LogP contribution in [-0.2, 0) is 0 Å². The van der Waals surface area contributed by atoms with Gasteiger partial charge in [0.1, 0.15) is 5.75 Å². The van der Waals surface area contributed by atoms with E-state index in [9.17, 15) is 0 Å². The van der Waals surface area contributed by atoms with Gasteiger partial charge < -0.3 is 10.1 Å². The minimum absolute atomic E-state index is 0.389. The maximum absolute atomic E-state index is 5.27. The highest BCUT2D eigenvalue weighted by Crippen LogP contribution is 2.26. The lowest BCUT2D eigenvalue weighted by Crippen LogP contribution is -2.13. The van der Waals surface area contributed by atoms with E-state index in [1.54, 1.807) is 7.11 Å². The van der Waals surface area contributed by atoms with Crippen molar-refractivity contribution in [2.75, 3.05) is 14.2 Å². The van der Waals surface area contributed by atoms with Crippen LogP contribution in [0.5, 0.6) is 5.75 Å². The summed E-state index contributed by atoms with van der Waals surface area (Å²) < 4.78 is 5.27. The molecule has 78 valence electrons. The SMILES string of the molecule is CNC(C)c1cc(C)c(OC)cc1C. The monoisotopic (exact) mass is 193 g/mol. The molecule has 0 amide bonds. The van der Waals surface area contributed by atoms with Crippen molar-refractivity contribution < 1.29 is 4.74 Å². The molecule has 0 spiro atoms. The van der Waals surface area contributed by atoms with Crippen molar-refractivity contribution in [3.63, 3.8) is 0 Å². The Morgan fingerprint density at radius 1 is 1.21 bits per heavy atom. The molecule has 0 heterocycles. The molecule has 1 atom stereocenters. The first kappa shape index (κ1) is 11.1. The van der Waals surface area contributed by atoms with Gasteiger partial charge in [0, 0.05) is 6.04 Å². The fraction of sp³-hybridized carbons (Fsp3) is 0.500. The second-order valence-electron chi connectivity index (χ2n) is 3.69. The maximum atomic E-state index is 5.27. The van der Waals surface area contributed by atoms with Crippen molar-refractivity contribution in [1.82, 2.24) is 5.32 Å². The van der Waals surface area contributed by atoms with Crippen LogP contribution in [0.4, 0.5) is 0 Å². The molecule has 0 saturated carbocycles. The molecule has 1 aromatic rings. The number of benzene rings is 1. The van der Waals surface area contributed by atoms with Gasteiger partial charge in [0.15, 0.2) is 0 Å². The van der Waals surface area contributed by atoms with Crippen molar-refractivity contribution in [2.45, 2.75) is 26.8 Å². The Kier molecular flexibility index (Phi) is 3.53. The summed E-state index contributed by atoms with van der Waals surface area (Å²) in [5, 5.41) is 3.25. The molecule has 0 radical (unpaired) electrons. The molecule has 0 aromatic heterocycles. The van der Waals surface area contributed by atoms with Crippen molar-refractivity contribution in [3.05, 3.63) is 28.8 Å². The molecule has 0 aliphatic carbocycles. The molecule has 0 saturated heterocycles. The Morgan fingerprint density at radius 3 is 2.36 bits per heavy atom. The van der Waals surface area contributed by atoms with Gasteiger partial charge in [-0.2, -0.15) is 0 Å². The van der Waals surface area contributed by atoms with E-state index >= 15 is 0 Å². The van der Waals surface area contributed by atoms with Gasteiger partial charge in [-0.15, -0.1) is 0 Å². The molecule has 2 heteroatoms. The van der Waals surface area contributed by atoms with E-state index in [1.807, 2.05) is 7.05 Å². The normalized spacial score (nSPS) is 12.6. The third-order valence-corrected chi connectivity index (χ3v) is 2.68. The van der Waals surface area contributed by atoms with E-state index in [4.69, 9.17) is 4.74 Å². The smallest absolute Gasteiger partial charge is 0.122 e. The van der Waals surface area contributed by atoms with Crippen LogP contribution in [0.2, 0.25) is 0 Å². The molecule has 1 N–H and O–H groups in total. The summed E-state index contributed by atoms with van der Waals surface area (Å²) in [7, 11) is 3.69. The van der Waals surface area contributed by atoms with Crippen molar-refractivity contribution in [1.29, 1.82) is 0 Å². The van der Waals surface area contributed by atoms with Gasteiger partial charge >= 0.3 is 0 Å². The zero-order valence-corrected chi connectivity index (χ0v) is 9.64. The maximum Gasteiger partial charge on any atom is 0.122 e. The third-order valence-electron chi connectivity index (χ3n) is 2.68. The molecule has 1 rings (SSSR count). The fourth-order valence-electron chi connectivity index (χ4n) is 1.65. The van der Waals surface area contributed by atoms with E-state index in [1.165, 1.54) is 16.7 Å².